The number of ether oxygens (including phenoxy) is 2. The van der Waals surface area contributed by atoms with Crippen molar-refractivity contribution in [2.45, 2.75) is 32.5 Å². The zero-order valence-electron chi connectivity index (χ0n) is 14.6. The van der Waals surface area contributed by atoms with E-state index < -0.39 is 46.6 Å². The topological polar surface area (TPSA) is 91.7 Å². The Labute approximate surface area is 149 Å². The van der Waals surface area contributed by atoms with Gasteiger partial charge in [-0.1, -0.05) is 0 Å². The van der Waals surface area contributed by atoms with Crippen molar-refractivity contribution in [2.24, 2.45) is 0 Å². The van der Waals surface area contributed by atoms with E-state index in [4.69, 9.17) is 14.7 Å². The van der Waals surface area contributed by atoms with Gasteiger partial charge in [0, 0.05) is 12.6 Å². The third-order valence-electron chi connectivity index (χ3n) is 3.45. The minimum atomic E-state index is -1.06. The van der Waals surface area contributed by atoms with Crippen LogP contribution in [0.15, 0.2) is 12.1 Å². The Morgan fingerprint density at radius 1 is 1.35 bits per heavy atom. The van der Waals surface area contributed by atoms with E-state index in [1.54, 1.807) is 20.8 Å². The molecule has 26 heavy (non-hydrogen) atoms. The number of nitrogens with zero attached hydrogens (tertiary/aromatic N) is 2. The van der Waals surface area contributed by atoms with Crippen molar-refractivity contribution < 1.29 is 27.8 Å². The van der Waals surface area contributed by atoms with Crippen molar-refractivity contribution in [3.05, 3.63) is 29.3 Å². The molecule has 1 aromatic carbocycles. The lowest BCUT2D eigenvalue weighted by atomic mass is 10.2. The zero-order chi connectivity index (χ0) is 19.5. The maximum atomic E-state index is 13.9. The molecule has 1 saturated heterocycles. The highest BCUT2D eigenvalue weighted by molar-refractivity contribution is 5.94. The molecule has 140 valence electrons. The fraction of sp³-hybridized carbons (Fsp3) is 0.471. The summed E-state index contributed by atoms with van der Waals surface area (Å²) < 4.78 is 38.0. The molecule has 1 atom stereocenters. The largest absolute Gasteiger partial charge is 0.444 e. The fourth-order valence-corrected chi connectivity index (χ4v) is 2.24. The van der Waals surface area contributed by atoms with Crippen LogP contribution >= 0.6 is 0 Å². The molecular formula is C17H19F2N3O4. The first-order valence-electron chi connectivity index (χ1n) is 7.90. The lowest BCUT2D eigenvalue weighted by molar-refractivity contribution is -0.132. The molecule has 0 spiro atoms. The molecule has 1 aliphatic heterocycles. The van der Waals surface area contributed by atoms with Crippen LogP contribution in [0.5, 0.6) is 0 Å². The average Bonchev–Trinajstić information content (AvgIpc) is 2.56. The predicted molar refractivity (Wildman–Crippen MR) is 87.2 cm³/mol. The van der Waals surface area contributed by atoms with Crippen molar-refractivity contribution in [1.29, 1.82) is 5.26 Å². The van der Waals surface area contributed by atoms with Crippen molar-refractivity contribution >= 4 is 17.7 Å². The Balaban J connectivity index is 2.05. The van der Waals surface area contributed by atoms with Gasteiger partial charge < -0.3 is 19.7 Å². The highest BCUT2D eigenvalue weighted by Gasteiger charge is 2.32. The summed E-state index contributed by atoms with van der Waals surface area (Å²) in [5.74, 6) is -2.64. The maximum absolute atomic E-state index is 13.9. The van der Waals surface area contributed by atoms with Gasteiger partial charge in [0.05, 0.1) is 24.4 Å². The van der Waals surface area contributed by atoms with Gasteiger partial charge in [0.25, 0.3) is 5.91 Å². The van der Waals surface area contributed by atoms with E-state index in [0.717, 1.165) is 6.07 Å². The van der Waals surface area contributed by atoms with Gasteiger partial charge >= 0.3 is 6.09 Å². The number of halogens is 2. The average molecular weight is 367 g/mol. The van der Waals surface area contributed by atoms with Crippen LogP contribution in [0, 0.1) is 23.0 Å². The maximum Gasteiger partial charge on any atom is 0.410 e. The number of nitriles is 1. The summed E-state index contributed by atoms with van der Waals surface area (Å²) in [5.41, 5.74) is -1.56. The van der Waals surface area contributed by atoms with Gasteiger partial charge in [-0.25, -0.2) is 13.6 Å². The molecule has 1 aromatic rings. The van der Waals surface area contributed by atoms with E-state index in [1.807, 2.05) is 0 Å². The molecular weight excluding hydrogens is 348 g/mol. The summed E-state index contributed by atoms with van der Waals surface area (Å²) in [6.45, 7) is 5.43. The second kappa shape index (κ2) is 7.66. The van der Waals surface area contributed by atoms with Crippen LogP contribution in [0.3, 0.4) is 0 Å². The van der Waals surface area contributed by atoms with Crippen LogP contribution in [0.4, 0.5) is 19.3 Å². The first-order valence-corrected chi connectivity index (χ1v) is 7.90. The molecule has 1 heterocycles. The van der Waals surface area contributed by atoms with E-state index in [-0.39, 0.29) is 19.7 Å². The highest BCUT2D eigenvalue weighted by Crippen LogP contribution is 2.20. The molecule has 0 radical (unpaired) electrons. The van der Waals surface area contributed by atoms with E-state index >= 15 is 0 Å². The minimum absolute atomic E-state index is 0.0822. The normalized spacial score (nSPS) is 17.4. The number of carbonyl (C=O) groups is 2. The summed E-state index contributed by atoms with van der Waals surface area (Å²) in [4.78, 5) is 25.7. The van der Waals surface area contributed by atoms with Gasteiger partial charge in [-0.2, -0.15) is 5.26 Å². The highest BCUT2D eigenvalue weighted by atomic mass is 19.1. The monoisotopic (exact) mass is 367 g/mol. The molecule has 0 bridgehead atoms. The van der Waals surface area contributed by atoms with Crippen LogP contribution in [-0.4, -0.2) is 48.3 Å². The first kappa shape index (κ1) is 19.6. The number of morpholine rings is 1. The number of anilines is 1. The second-order valence-corrected chi connectivity index (χ2v) is 6.70. The molecule has 1 N–H and O–H groups in total. The van der Waals surface area contributed by atoms with Crippen molar-refractivity contribution in [2.75, 3.05) is 25.0 Å². The lowest BCUT2D eigenvalue weighted by Crippen LogP contribution is -2.51. The van der Waals surface area contributed by atoms with E-state index in [1.165, 1.54) is 11.0 Å². The van der Waals surface area contributed by atoms with Gasteiger partial charge in [0.15, 0.2) is 6.10 Å². The molecule has 1 unspecified atom stereocenters. The number of hydrogen-bond acceptors (Lipinski definition) is 5. The van der Waals surface area contributed by atoms with Crippen molar-refractivity contribution in [3.63, 3.8) is 0 Å². The van der Waals surface area contributed by atoms with E-state index in [0.29, 0.717) is 6.07 Å². The smallest absolute Gasteiger partial charge is 0.410 e. The Morgan fingerprint density at radius 3 is 2.65 bits per heavy atom. The molecule has 2 rings (SSSR count). The molecule has 9 heteroatoms. The summed E-state index contributed by atoms with van der Waals surface area (Å²) in [7, 11) is 0. The number of nitrogens with one attached hydrogen (secondary N) is 1. The van der Waals surface area contributed by atoms with Crippen molar-refractivity contribution in [3.8, 4) is 6.07 Å². The molecule has 7 nitrogen and oxygen atoms in total. The molecule has 1 fully saturated rings. The molecule has 0 saturated carbocycles. The van der Waals surface area contributed by atoms with Crippen LogP contribution in [-0.2, 0) is 14.3 Å². The number of benzene rings is 1. The van der Waals surface area contributed by atoms with E-state index in [2.05, 4.69) is 5.32 Å². The number of rotatable bonds is 2. The fourth-order valence-electron chi connectivity index (χ4n) is 2.24. The summed E-state index contributed by atoms with van der Waals surface area (Å²) in [6.07, 6.45) is -1.65. The lowest BCUT2D eigenvalue weighted by Gasteiger charge is -2.33. The summed E-state index contributed by atoms with van der Waals surface area (Å²) in [5, 5.41) is 10.9. The quantitative estimate of drug-likeness (QED) is 0.867. The Kier molecular flexibility index (Phi) is 5.77. The summed E-state index contributed by atoms with van der Waals surface area (Å²) >= 11 is 0. The number of amides is 2. The Morgan fingerprint density at radius 2 is 2.04 bits per heavy atom. The third-order valence-corrected chi connectivity index (χ3v) is 3.45. The van der Waals surface area contributed by atoms with Gasteiger partial charge in [-0.05, 0) is 26.8 Å². The van der Waals surface area contributed by atoms with Crippen LogP contribution in [0.2, 0.25) is 0 Å². The molecule has 2 amide bonds. The zero-order valence-corrected chi connectivity index (χ0v) is 14.6. The van der Waals surface area contributed by atoms with Gasteiger partial charge in [-0.3, -0.25) is 4.79 Å². The van der Waals surface area contributed by atoms with Gasteiger partial charge in [0.1, 0.15) is 23.3 Å². The van der Waals surface area contributed by atoms with Gasteiger partial charge in [0.2, 0.25) is 0 Å². The van der Waals surface area contributed by atoms with Crippen LogP contribution in [0.25, 0.3) is 0 Å². The Bertz CT molecular complexity index is 756. The number of carbonyl (C=O) groups excluding carboxylic acids is 2. The Hall–Kier alpha value is -2.73. The van der Waals surface area contributed by atoms with E-state index in [9.17, 15) is 18.4 Å². The third kappa shape index (κ3) is 4.89. The first-order chi connectivity index (χ1) is 12.1. The molecule has 0 aromatic heterocycles. The van der Waals surface area contributed by atoms with Crippen LogP contribution in [0.1, 0.15) is 26.3 Å². The van der Waals surface area contributed by atoms with Crippen molar-refractivity contribution in [1.82, 2.24) is 4.90 Å². The summed E-state index contributed by atoms with van der Waals surface area (Å²) in [6, 6.07) is 2.92. The molecule has 0 aliphatic carbocycles. The second-order valence-electron chi connectivity index (χ2n) is 6.70. The van der Waals surface area contributed by atoms with Gasteiger partial charge in [-0.15, -0.1) is 0 Å². The van der Waals surface area contributed by atoms with Crippen LogP contribution < -0.4 is 5.32 Å². The standard InChI is InChI=1S/C17H19F2N3O4/c1-17(2,3)26-16(24)22-4-5-25-14(9-22)15(23)21-13-7-11(18)10(8-20)6-12(13)19/h6-7,14H,4-5,9H2,1-3H3,(H,21,23). The SMILES string of the molecule is CC(C)(C)OC(=O)N1CCOC(C(=O)Nc2cc(F)c(C#N)cc2F)C1. The number of hydrogen-bond donors (Lipinski definition) is 1. The predicted octanol–water partition coefficient (Wildman–Crippen LogP) is 2.41. The minimum Gasteiger partial charge on any atom is -0.444 e. The molecule has 1 aliphatic rings.